The highest BCUT2D eigenvalue weighted by atomic mass is 16.6. The van der Waals surface area contributed by atoms with Crippen molar-refractivity contribution in [3.8, 4) is 11.3 Å². The van der Waals surface area contributed by atoms with E-state index in [9.17, 15) is 4.79 Å². The highest BCUT2D eigenvalue weighted by molar-refractivity contribution is 5.77. The van der Waals surface area contributed by atoms with Crippen molar-refractivity contribution in [3.05, 3.63) is 36.0 Å². The van der Waals surface area contributed by atoms with Gasteiger partial charge in [0.05, 0.1) is 5.69 Å². The lowest BCUT2D eigenvalue weighted by Gasteiger charge is -2.19. The quantitative estimate of drug-likeness (QED) is 0.866. The summed E-state index contributed by atoms with van der Waals surface area (Å²) in [6.07, 6.45) is 1.08. The fourth-order valence-electron chi connectivity index (χ4n) is 1.84. The second-order valence-electron chi connectivity index (χ2n) is 5.65. The van der Waals surface area contributed by atoms with Gasteiger partial charge in [0.1, 0.15) is 5.60 Å². The number of nitrogens with two attached hydrogens (primary N) is 1. The number of nitrogens with zero attached hydrogens (tertiary/aromatic N) is 2. The lowest BCUT2D eigenvalue weighted by Crippen LogP contribution is -2.27. The number of benzene rings is 1. The first-order valence-electron chi connectivity index (χ1n) is 6.42. The molecule has 5 nitrogen and oxygen atoms in total. The van der Waals surface area contributed by atoms with Gasteiger partial charge in [0, 0.05) is 11.8 Å². The highest BCUT2D eigenvalue weighted by Gasteiger charge is 2.21. The summed E-state index contributed by atoms with van der Waals surface area (Å²) in [6.45, 7) is 7.40. The number of aromatic nitrogens is 2. The Kier molecular flexibility index (Phi) is 3.53. The van der Waals surface area contributed by atoms with Crippen LogP contribution in [0.5, 0.6) is 0 Å². The molecule has 0 amide bonds. The molecule has 0 aliphatic rings. The monoisotopic (exact) mass is 273 g/mol. The molecule has 0 atom stereocenters. The third-order valence-corrected chi connectivity index (χ3v) is 2.74. The Morgan fingerprint density at radius 3 is 2.55 bits per heavy atom. The summed E-state index contributed by atoms with van der Waals surface area (Å²) in [7, 11) is 0. The highest BCUT2D eigenvalue weighted by Crippen LogP contribution is 2.23. The Morgan fingerprint density at radius 2 is 1.95 bits per heavy atom. The molecule has 1 aromatic heterocycles. The maximum Gasteiger partial charge on any atom is 0.421 e. The number of carbonyl (C=O) groups excluding carboxylic acids is 1. The van der Waals surface area contributed by atoms with Crippen molar-refractivity contribution in [2.24, 2.45) is 0 Å². The first-order valence-corrected chi connectivity index (χ1v) is 6.42. The molecule has 106 valence electrons. The van der Waals surface area contributed by atoms with Crippen LogP contribution in [0.2, 0.25) is 0 Å². The molecule has 0 saturated carbocycles. The van der Waals surface area contributed by atoms with Gasteiger partial charge in [0.15, 0.2) is 0 Å². The Bertz CT molecular complexity index is 639. The van der Waals surface area contributed by atoms with Crippen LogP contribution >= 0.6 is 0 Å². The number of imidazole rings is 1. The molecular formula is C15H19N3O2. The Morgan fingerprint density at radius 1 is 1.30 bits per heavy atom. The van der Waals surface area contributed by atoms with E-state index in [1.807, 2.05) is 31.2 Å². The number of anilines is 1. The van der Waals surface area contributed by atoms with Crippen LogP contribution in [0.15, 0.2) is 30.5 Å². The second-order valence-corrected chi connectivity index (χ2v) is 5.65. The standard InChI is InChI=1S/C15H19N3O2/c1-10-7-5-6-8-11(10)12-9-18(13(16)17-12)14(19)20-15(2,3)4/h5-9H,1-4H3,(H2,16,17). The predicted octanol–water partition coefficient (Wildman–Crippen LogP) is 3.22. The van der Waals surface area contributed by atoms with Gasteiger partial charge in [-0.15, -0.1) is 0 Å². The molecule has 0 aliphatic carbocycles. The molecule has 2 aromatic rings. The lowest BCUT2D eigenvalue weighted by molar-refractivity contribution is 0.0540. The number of hydrogen-bond donors (Lipinski definition) is 1. The molecule has 2 N–H and O–H groups in total. The molecule has 0 fully saturated rings. The summed E-state index contributed by atoms with van der Waals surface area (Å²) in [5.74, 6) is 0.123. The summed E-state index contributed by atoms with van der Waals surface area (Å²) in [5, 5.41) is 0. The molecule has 1 heterocycles. The van der Waals surface area contributed by atoms with Crippen molar-refractivity contribution in [2.75, 3.05) is 5.73 Å². The van der Waals surface area contributed by atoms with Crippen molar-refractivity contribution >= 4 is 12.0 Å². The van der Waals surface area contributed by atoms with E-state index in [1.165, 1.54) is 4.57 Å². The van der Waals surface area contributed by atoms with Crippen LogP contribution < -0.4 is 5.73 Å². The van der Waals surface area contributed by atoms with Gasteiger partial charge in [-0.3, -0.25) is 0 Å². The van der Waals surface area contributed by atoms with E-state index < -0.39 is 11.7 Å². The van der Waals surface area contributed by atoms with Crippen LogP contribution in [-0.2, 0) is 4.74 Å². The smallest absolute Gasteiger partial charge is 0.421 e. The summed E-state index contributed by atoms with van der Waals surface area (Å²) in [4.78, 5) is 16.3. The minimum Gasteiger partial charge on any atom is -0.443 e. The summed E-state index contributed by atoms with van der Waals surface area (Å²) in [5.41, 5.74) is 7.90. The van der Waals surface area contributed by atoms with E-state index in [-0.39, 0.29) is 5.95 Å². The van der Waals surface area contributed by atoms with Crippen molar-refractivity contribution in [1.29, 1.82) is 0 Å². The zero-order valence-electron chi connectivity index (χ0n) is 12.2. The van der Waals surface area contributed by atoms with Gasteiger partial charge >= 0.3 is 6.09 Å². The van der Waals surface area contributed by atoms with E-state index in [0.29, 0.717) is 5.69 Å². The first kappa shape index (κ1) is 14.1. The topological polar surface area (TPSA) is 70.1 Å². The first-order chi connectivity index (χ1) is 9.28. The summed E-state index contributed by atoms with van der Waals surface area (Å²) < 4.78 is 6.52. The molecule has 0 bridgehead atoms. The van der Waals surface area contributed by atoms with Gasteiger partial charge in [-0.25, -0.2) is 14.3 Å². The molecule has 0 saturated heterocycles. The molecule has 20 heavy (non-hydrogen) atoms. The third-order valence-electron chi connectivity index (χ3n) is 2.74. The molecule has 0 spiro atoms. The molecule has 0 radical (unpaired) electrons. The van der Waals surface area contributed by atoms with Gasteiger partial charge in [0.2, 0.25) is 5.95 Å². The van der Waals surface area contributed by atoms with Gasteiger partial charge in [-0.1, -0.05) is 24.3 Å². The number of rotatable bonds is 1. The van der Waals surface area contributed by atoms with Crippen LogP contribution in [0.25, 0.3) is 11.3 Å². The van der Waals surface area contributed by atoms with Crippen LogP contribution in [-0.4, -0.2) is 21.2 Å². The van der Waals surface area contributed by atoms with E-state index >= 15 is 0 Å². The van der Waals surface area contributed by atoms with Gasteiger partial charge in [-0.2, -0.15) is 0 Å². The van der Waals surface area contributed by atoms with Gasteiger partial charge in [0.25, 0.3) is 0 Å². The van der Waals surface area contributed by atoms with Crippen molar-refractivity contribution in [2.45, 2.75) is 33.3 Å². The molecule has 1 aromatic carbocycles. The largest absolute Gasteiger partial charge is 0.443 e. The van der Waals surface area contributed by atoms with Crippen LogP contribution in [0, 0.1) is 6.92 Å². The van der Waals surface area contributed by atoms with E-state index in [0.717, 1.165) is 11.1 Å². The van der Waals surface area contributed by atoms with Crippen molar-refractivity contribution in [3.63, 3.8) is 0 Å². The zero-order valence-corrected chi connectivity index (χ0v) is 12.2. The van der Waals surface area contributed by atoms with E-state index in [4.69, 9.17) is 10.5 Å². The normalized spacial score (nSPS) is 11.4. The average Bonchev–Trinajstić information content (AvgIpc) is 2.69. The number of hydrogen-bond acceptors (Lipinski definition) is 4. The molecular weight excluding hydrogens is 254 g/mol. The minimum absolute atomic E-state index is 0.123. The Labute approximate surface area is 118 Å². The van der Waals surface area contributed by atoms with Gasteiger partial charge < -0.3 is 10.5 Å². The van der Waals surface area contributed by atoms with Gasteiger partial charge in [-0.05, 0) is 33.3 Å². The number of carbonyl (C=O) groups is 1. The third kappa shape index (κ3) is 2.99. The predicted molar refractivity (Wildman–Crippen MR) is 78.4 cm³/mol. The SMILES string of the molecule is Cc1ccccc1-c1cn(C(=O)OC(C)(C)C)c(N)n1. The van der Waals surface area contributed by atoms with Crippen LogP contribution in [0.1, 0.15) is 26.3 Å². The van der Waals surface area contributed by atoms with E-state index in [1.54, 1.807) is 27.0 Å². The van der Waals surface area contributed by atoms with Crippen LogP contribution in [0.3, 0.4) is 0 Å². The summed E-state index contributed by atoms with van der Waals surface area (Å²) in [6, 6.07) is 7.80. The lowest BCUT2D eigenvalue weighted by atomic mass is 10.1. The number of nitrogen functional groups attached to an aromatic ring is 1. The summed E-state index contributed by atoms with van der Waals surface area (Å²) >= 11 is 0. The van der Waals surface area contributed by atoms with Crippen LogP contribution in [0.4, 0.5) is 10.7 Å². The maximum atomic E-state index is 12.0. The molecule has 5 heteroatoms. The molecule has 0 unspecified atom stereocenters. The Hall–Kier alpha value is -2.30. The zero-order chi connectivity index (χ0) is 14.9. The number of aryl methyl sites for hydroxylation is 1. The fraction of sp³-hybridized carbons (Fsp3) is 0.333. The molecule has 2 rings (SSSR count). The van der Waals surface area contributed by atoms with Crippen molar-refractivity contribution in [1.82, 2.24) is 9.55 Å². The maximum absolute atomic E-state index is 12.0. The van der Waals surface area contributed by atoms with Crippen molar-refractivity contribution < 1.29 is 9.53 Å². The van der Waals surface area contributed by atoms with E-state index in [2.05, 4.69) is 4.98 Å². The Balaban J connectivity index is 2.36. The average molecular weight is 273 g/mol. The second kappa shape index (κ2) is 5.00. The number of ether oxygens (including phenoxy) is 1. The minimum atomic E-state index is -0.573. The fourth-order valence-corrected chi connectivity index (χ4v) is 1.84. The molecule has 0 aliphatic heterocycles.